The molecule has 3 rings (SSSR count). The molecule has 1 aromatic heterocycles. The van der Waals surface area contributed by atoms with E-state index in [1.165, 1.54) is 7.11 Å². The molecule has 2 heterocycles. The molecule has 0 spiro atoms. The smallest absolute Gasteiger partial charge is 0.361 e. The first-order chi connectivity index (χ1) is 12.5. The van der Waals surface area contributed by atoms with Crippen LogP contribution in [0.1, 0.15) is 16.9 Å². The Balaban J connectivity index is 1.71. The van der Waals surface area contributed by atoms with Crippen LogP contribution in [0.3, 0.4) is 0 Å². The second-order valence-electron chi connectivity index (χ2n) is 5.54. The van der Waals surface area contributed by atoms with Gasteiger partial charge < -0.3 is 19.7 Å². The van der Waals surface area contributed by atoms with Gasteiger partial charge in [0.1, 0.15) is 5.75 Å². The first kappa shape index (κ1) is 17.8. The van der Waals surface area contributed by atoms with E-state index in [1.54, 1.807) is 36.3 Å². The number of nitrogens with one attached hydrogen (secondary N) is 1. The number of aromatic nitrogens is 2. The molecule has 2 aromatic rings. The average molecular weight is 376 g/mol. The van der Waals surface area contributed by atoms with E-state index >= 15 is 0 Å². The van der Waals surface area contributed by atoms with Crippen LogP contribution in [0.4, 0.5) is 10.7 Å². The Morgan fingerprint density at radius 3 is 2.88 bits per heavy atom. The zero-order valence-electron chi connectivity index (χ0n) is 14.1. The summed E-state index contributed by atoms with van der Waals surface area (Å²) in [4.78, 5) is 38.0. The lowest BCUT2D eigenvalue weighted by Gasteiger charge is -2.17. The topological polar surface area (TPSA) is 111 Å². The molecule has 9 nitrogen and oxygen atoms in total. The molecule has 0 radical (unpaired) electrons. The van der Waals surface area contributed by atoms with Crippen molar-refractivity contribution in [1.82, 2.24) is 9.59 Å². The van der Waals surface area contributed by atoms with Crippen LogP contribution >= 0.6 is 11.5 Å². The third-order valence-corrected chi connectivity index (χ3v) is 4.61. The fraction of sp³-hybridized carbons (Fsp3) is 0.312. The number of methoxy groups -OCH3 is 2. The third kappa shape index (κ3) is 3.49. The maximum Gasteiger partial charge on any atom is 0.361 e. The van der Waals surface area contributed by atoms with E-state index in [-0.39, 0.29) is 35.5 Å². The van der Waals surface area contributed by atoms with Crippen LogP contribution in [-0.2, 0) is 14.3 Å². The van der Waals surface area contributed by atoms with E-state index in [1.807, 2.05) is 0 Å². The Labute approximate surface area is 153 Å². The number of anilines is 2. The molecule has 136 valence electrons. The van der Waals surface area contributed by atoms with Crippen LogP contribution in [0.15, 0.2) is 24.3 Å². The van der Waals surface area contributed by atoms with Crippen LogP contribution in [0.25, 0.3) is 0 Å². The minimum absolute atomic E-state index is 0.0557. The number of hydrogen-bond acceptors (Lipinski definition) is 8. The quantitative estimate of drug-likeness (QED) is 0.784. The Morgan fingerprint density at radius 2 is 2.15 bits per heavy atom. The maximum absolute atomic E-state index is 12.5. The average Bonchev–Trinajstić information content (AvgIpc) is 3.27. The van der Waals surface area contributed by atoms with Crippen molar-refractivity contribution in [3.63, 3.8) is 0 Å². The highest BCUT2D eigenvalue weighted by Crippen LogP contribution is 2.29. The number of rotatable bonds is 5. The molecule has 1 aliphatic rings. The lowest BCUT2D eigenvalue weighted by Crippen LogP contribution is -2.28. The van der Waals surface area contributed by atoms with Gasteiger partial charge in [-0.15, -0.1) is 5.10 Å². The van der Waals surface area contributed by atoms with Crippen LogP contribution in [0.2, 0.25) is 0 Å². The zero-order chi connectivity index (χ0) is 18.7. The molecule has 2 amide bonds. The zero-order valence-corrected chi connectivity index (χ0v) is 14.9. The molecule has 1 aromatic carbocycles. The number of amides is 2. The van der Waals surface area contributed by atoms with Crippen molar-refractivity contribution >= 4 is 40.0 Å². The molecular formula is C16H16N4O5S. The first-order valence-corrected chi connectivity index (χ1v) is 8.46. The number of nitrogens with zero attached hydrogens (tertiary/aromatic N) is 3. The van der Waals surface area contributed by atoms with Crippen molar-refractivity contribution in [3.8, 4) is 5.75 Å². The van der Waals surface area contributed by atoms with E-state index in [0.29, 0.717) is 11.4 Å². The molecule has 0 saturated carbocycles. The molecule has 1 N–H and O–H groups in total. The molecule has 1 aliphatic heterocycles. The summed E-state index contributed by atoms with van der Waals surface area (Å²) in [6.45, 7) is 0.234. The van der Waals surface area contributed by atoms with Gasteiger partial charge in [-0.2, -0.15) is 0 Å². The van der Waals surface area contributed by atoms with E-state index in [0.717, 1.165) is 11.5 Å². The number of hydrogen-bond donors (Lipinski definition) is 1. The van der Waals surface area contributed by atoms with Crippen LogP contribution < -0.4 is 15.0 Å². The fourth-order valence-corrected chi connectivity index (χ4v) is 3.19. The molecule has 1 saturated heterocycles. The number of carbonyl (C=O) groups excluding carboxylic acids is 3. The number of esters is 1. The van der Waals surface area contributed by atoms with Crippen molar-refractivity contribution in [2.45, 2.75) is 6.42 Å². The lowest BCUT2D eigenvalue weighted by atomic mass is 10.1. The molecule has 1 fully saturated rings. The van der Waals surface area contributed by atoms with Gasteiger partial charge in [0.2, 0.25) is 17.5 Å². The van der Waals surface area contributed by atoms with Crippen LogP contribution in [0.5, 0.6) is 5.75 Å². The summed E-state index contributed by atoms with van der Waals surface area (Å²) < 4.78 is 13.4. The van der Waals surface area contributed by atoms with Gasteiger partial charge >= 0.3 is 5.97 Å². The standard InChI is InChI=1S/C16H16N4O5S/c1-24-11-5-3-4-10(7-11)20-8-9(6-12(20)21)14(22)17-15-13(16(23)25-2)18-19-26-15/h3-5,7,9H,6,8H2,1-2H3,(H,17,22). The van der Waals surface area contributed by atoms with Crippen LogP contribution in [-0.4, -0.2) is 48.1 Å². The largest absolute Gasteiger partial charge is 0.497 e. The number of benzene rings is 1. The maximum atomic E-state index is 12.5. The summed E-state index contributed by atoms with van der Waals surface area (Å²) in [7, 11) is 2.76. The Bertz CT molecular complexity index is 853. The lowest BCUT2D eigenvalue weighted by molar-refractivity contribution is -0.122. The molecule has 0 aliphatic carbocycles. The highest BCUT2D eigenvalue weighted by Gasteiger charge is 2.36. The third-order valence-electron chi connectivity index (χ3n) is 3.96. The first-order valence-electron chi connectivity index (χ1n) is 7.69. The minimum atomic E-state index is -0.686. The van der Waals surface area contributed by atoms with Gasteiger partial charge in [0.15, 0.2) is 5.00 Å². The Kier molecular flexibility index (Phi) is 5.12. The number of ether oxygens (including phenoxy) is 2. The van der Waals surface area contributed by atoms with Crippen molar-refractivity contribution in [2.75, 3.05) is 31.0 Å². The predicted molar refractivity (Wildman–Crippen MR) is 93.3 cm³/mol. The summed E-state index contributed by atoms with van der Waals surface area (Å²) in [5.74, 6) is -1.15. The second-order valence-corrected chi connectivity index (χ2v) is 6.29. The predicted octanol–water partition coefficient (Wildman–Crippen LogP) is 1.32. The molecule has 0 bridgehead atoms. The van der Waals surface area contributed by atoms with Gasteiger partial charge in [-0.05, 0) is 12.1 Å². The van der Waals surface area contributed by atoms with E-state index < -0.39 is 11.9 Å². The van der Waals surface area contributed by atoms with Crippen molar-refractivity contribution in [3.05, 3.63) is 30.0 Å². The van der Waals surface area contributed by atoms with Gasteiger partial charge in [-0.3, -0.25) is 9.59 Å². The summed E-state index contributed by atoms with van der Waals surface area (Å²) in [6.07, 6.45) is 0.0723. The summed E-state index contributed by atoms with van der Waals surface area (Å²) in [5.41, 5.74) is 0.610. The molecular weight excluding hydrogens is 360 g/mol. The Morgan fingerprint density at radius 1 is 1.35 bits per heavy atom. The molecule has 1 atom stereocenters. The van der Waals surface area contributed by atoms with Crippen LogP contribution in [0, 0.1) is 5.92 Å². The van der Waals surface area contributed by atoms with E-state index in [2.05, 4.69) is 19.6 Å². The van der Waals surface area contributed by atoms with Gasteiger partial charge in [-0.1, -0.05) is 10.6 Å². The van der Waals surface area contributed by atoms with E-state index in [9.17, 15) is 14.4 Å². The SMILES string of the molecule is COC(=O)c1nnsc1NC(=O)C1CC(=O)N(c2cccc(OC)c2)C1. The Hall–Kier alpha value is -3.01. The van der Waals surface area contributed by atoms with Crippen molar-refractivity contribution in [2.24, 2.45) is 5.92 Å². The highest BCUT2D eigenvalue weighted by molar-refractivity contribution is 7.10. The summed E-state index contributed by atoms with van der Waals surface area (Å²) >= 11 is 0.874. The fourth-order valence-electron chi connectivity index (χ4n) is 2.63. The molecule has 10 heteroatoms. The highest BCUT2D eigenvalue weighted by atomic mass is 32.1. The van der Waals surface area contributed by atoms with Gasteiger partial charge in [0.25, 0.3) is 0 Å². The monoisotopic (exact) mass is 376 g/mol. The second kappa shape index (κ2) is 7.48. The van der Waals surface area contributed by atoms with Crippen molar-refractivity contribution < 1.29 is 23.9 Å². The van der Waals surface area contributed by atoms with Gasteiger partial charge in [-0.25, -0.2) is 4.79 Å². The van der Waals surface area contributed by atoms with Gasteiger partial charge in [0, 0.05) is 36.3 Å². The van der Waals surface area contributed by atoms with Gasteiger partial charge in [0.05, 0.1) is 20.1 Å². The number of carbonyl (C=O) groups is 3. The summed E-state index contributed by atoms with van der Waals surface area (Å²) in [5, 5.41) is 6.47. The molecule has 1 unspecified atom stereocenters. The van der Waals surface area contributed by atoms with Crippen molar-refractivity contribution in [1.29, 1.82) is 0 Å². The normalized spacial score (nSPS) is 16.5. The molecule has 26 heavy (non-hydrogen) atoms. The minimum Gasteiger partial charge on any atom is -0.497 e. The summed E-state index contributed by atoms with van der Waals surface area (Å²) in [6, 6.07) is 7.07. The van der Waals surface area contributed by atoms with E-state index in [4.69, 9.17) is 4.74 Å².